The predicted octanol–water partition coefficient (Wildman–Crippen LogP) is 6.74. The Morgan fingerprint density at radius 2 is 1.86 bits per heavy atom. The van der Waals surface area contributed by atoms with Gasteiger partial charge >= 0.3 is 5.97 Å². The fourth-order valence-corrected chi connectivity index (χ4v) is 5.22. The Labute approximate surface area is 205 Å². The number of nitriles is 1. The zero-order valence-electron chi connectivity index (χ0n) is 20.1. The maximum atomic E-state index is 11.5. The van der Waals surface area contributed by atoms with Gasteiger partial charge in [0.1, 0.15) is 0 Å². The summed E-state index contributed by atoms with van der Waals surface area (Å²) in [5.41, 5.74) is 7.44. The molecule has 0 bridgehead atoms. The van der Waals surface area contributed by atoms with Gasteiger partial charge in [-0.25, -0.2) is 4.79 Å². The van der Waals surface area contributed by atoms with Crippen LogP contribution in [0.25, 0.3) is 22.0 Å². The highest BCUT2D eigenvalue weighted by Gasteiger charge is 2.33. The van der Waals surface area contributed by atoms with Crippen LogP contribution in [0.5, 0.6) is 0 Å². The number of hydrogen-bond donors (Lipinski definition) is 1. The van der Waals surface area contributed by atoms with Crippen molar-refractivity contribution in [2.75, 3.05) is 0 Å². The summed E-state index contributed by atoms with van der Waals surface area (Å²) < 4.78 is 2.37. The second-order valence-electron chi connectivity index (χ2n) is 9.82. The lowest BCUT2D eigenvalue weighted by molar-refractivity contribution is 0.0697. The third kappa shape index (κ3) is 3.81. The van der Waals surface area contributed by atoms with Crippen molar-refractivity contribution in [3.8, 4) is 17.2 Å². The van der Waals surface area contributed by atoms with E-state index in [1.807, 2.05) is 36.5 Å². The topological polar surface area (TPSA) is 78.4 Å². The fourth-order valence-electron chi connectivity index (χ4n) is 5.22. The van der Waals surface area contributed by atoms with Gasteiger partial charge in [-0.2, -0.15) is 5.26 Å². The molecule has 174 valence electrons. The van der Waals surface area contributed by atoms with Gasteiger partial charge in [-0.3, -0.25) is 4.99 Å². The molecule has 1 aliphatic heterocycles. The Hall–Kier alpha value is -4.17. The van der Waals surface area contributed by atoms with E-state index in [1.165, 1.54) is 11.1 Å². The van der Waals surface area contributed by atoms with Crippen molar-refractivity contribution in [3.05, 3.63) is 94.7 Å². The largest absolute Gasteiger partial charge is 0.478 e. The normalized spacial score (nSPS) is 13.5. The minimum Gasteiger partial charge on any atom is -0.478 e. The summed E-state index contributed by atoms with van der Waals surface area (Å²) in [7, 11) is 0. The number of benzene rings is 3. The highest BCUT2D eigenvalue weighted by atomic mass is 16.4. The molecule has 4 aromatic rings. The lowest BCUT2D eigenvalue weighted by Crippen LogP contribution is -2.24. The van der Waals surface area contributed by atoms with Gasteiger partial charge in [-0.15, -0.1) is 0 Å². The average Bonchev–Trinajstić information content (AvgIpc) is 3.45. The van der Waals surface area contributed by atoms with E-state index < -0.39 is 11.4 Å². The first-order chi connectivity index (χ1) is 16.8. The highest BCUT2D eigenvalue weighted by Crippen LogP contribution is 2.46. The standard InChI is InChI=1S/C30H27N3O2/c1-19(20-7-5-4-6-8-20)33-26-16-24-18-32-17-23(24)15-25(26)27(28(33)30(2,3)13-14-31)21-9-11-22(12-10-21)29(34)35/h4-12,15-16,18-19H,13,17H2,1-3H3,(H,34,35). The minimum atomic E-state index is -0.948. The van der Waals surface area contributed by atoms with Gasteiger partial charge < -0.3 is 9.67 Å². The first-order valence-corrected chi connectivity index (χ1v) is 11.8. The van der Waals surface area contributed by atoms with Gasteiger partial charge in [0, 0.05) is 34.7 Å². The van der Waals surface area contributed by atoms with Gasteiger partial charge in [-0.1, -0.05) is 56.3 Å². The molecule has 0 spiro atoms. The minimum absolute atomic E-state index is 0.0232. The third-order valence-corrected chi connectivity index (χ3v) is 7.01. The zero-order chi connectivity index (χ0) is 24.7. The summed E-state index contributed by atoms with van der Waals surface area (Å²) in [6, 6.07) is 24.3. The number of rotatable bonds is 6. The van der Waals surface area contributed by atoms with Crippen molar-refractivity contribution in [2.45, 2.75) is 45.2 Å². The van der Waals surface area contributed by atoms with Crippen LogP contribution in [0.2, 0.25) is 0 Å². The molecule has 1 atom stereocenters. The molecule has 5 rings (SSSR count). The second kappa shape index (κ2) is 8.56. The quantitative estimate of drug-likeness (QED) is 0.345. The van der Waals surface area contributed by atoms with Gasteiger partial charge in [0.15, 0.2) is 0 Å². The summed E-state index contributed by atoms with van der Waals surface area (Å²) in [6.07, 6.45) is 2.28. The van der Waals surface area contributed by atoms with Gasteiger partial charge in [-0.05, 0) is 53.4 Å². The number of hydrogen-bond acceptors (Lipinski definition) is 3. The first-order valence-electron chi connectivity index (χ1n) is 11.8. The molecular weight excluding hydrogens is 434 g/mol. The van der Waals surface area contributed by atoms with Crippen LogP contribution in [0.15, 0.2) is 71.7 Å². The van der Waals surface area contributed by atoms with E-state index in [0.29, 0.717) is 13.0 Å². The predicted molar refractivity (Wildman–Crippen MR) is 139 cm³/mol. The second-order valence-corrected chi connectivity index (χ2v) is 9.82. The van der Waals surface area contributed by atoms with Gasteiger partial charge in [0.05, 0.1) is 29.7 Å². The summed E-state index contributed by atoms with van der Waals surface area (Å²) in [6.45, 7) is 7.07. The Balaban J connectivity index is 1.89. The van der Waals surface area contributed by atoms with Crippen LogP contribution in [0.4, 0.5) is 0 Å². The van der Waals surface area contributed by atoms with Crippen LogP contribution in [-0.2, 0) is 12.0 Å². The van der Waals surface area contributed by atoms with E-state index in [0.717, 1.165) is 33.3 Å². The lowest BCUT2D eigenvalue weighted by atomic mass is 9.81. The Kier molecular flexibility index (Phi) is 5.53. The number of carboxylic acid groups (broad SMARTS) is 1. The molecule has 5 nitrogen and oxygen atoms in total. The number of carbonyl (C=O) groups is 1. The van der Waals surface area contributed by atoms with Gasteiger partial charge in [0.2, 0.25) is 0 Å². The van der Waals surface area contributed by atoms with Crippen LogP contribution >= 0.6 is 0 Å². The van der Waals surface area contributed by atoms with Crippen molar-refractivity contribution in [3.63, 3.8) is 0 Å². The zero-order valence-corrected chi connectivity index (χ0v) is 20.1. The molecule has 5 heteroatoms. The van der Waals surface area contributed by atoms with E-state index in [4.69, 9.17) is 0 Å². The molecule has 1 unspecified atom stereocenters. The summed E-state index contributed by atoms with van der Waals surface area (Å²) in [5, 5.41) is 20.3. The summed E-state index contributed by atoms with van der Waals surface area (Å²) >= 11 is 0. The van der Waals surface area contributed by atoms with Crippen molar-refractivity contribution >= 4 is 23.1 Å². The smallest absolute Gasteiger partial charge is 0.335 e. The number of nitrogens with zero attached hydrogens (tertiary/aromatic N) is 3. The summed E-state index contributed by atoms with van der Waals surface area (Å²) in [5.74, 6) is -0.948. The Bertz CT molecular complexity index is 1500. The third-order valence-electron chi connectivity index (χ3n) is 7.01. The lowest BCUT2D eigenvalue weighted by Gasteiger charge is -2.29. The molecule has 2 heterocycles. The number of aromatic carboxylic acids is 1. The maximum Gasteiger partial charge on any atom is 0.335 e. The Morgan fingerprint density at radius 3 is 2.51 bits per heavy atom. The van der Waals surface area contributed by atoms with Crippen LogP contribution in [0.3, 0.4) is 0 Å². The molecule has 35 heavy (non-hydrogen) atoms. The molecule has 1 aromatic heterocycles. The molecule has 1 aliphatic rings. The van der Waals surface area contributed by atoms with E-state index in [2.05, 4.69) is 60.7 Å². The molecule has 0 saturated heterocycles. The van der Waals surface area contributed by atoms with E-state index >= 15 is 0 Å². The molecule has 0 amide bonds. The van der Waals surface area contributed by atoms with Crippen LogP contribution in [-0.4, -0.2) is 21.9 Å². The van der Waals surface area contributed by atoms with E-state index in [9.17, 15) is 15.2 Å². The fraction of sp³-hybridized carbons (Fsp3) is 0.233. The highest BCUT2D eigenvalue weighted by molar-refractivity contribution is 6.03. The van der Waals surface area contributed by atoms with Crippen molar-refractivity contribution in [2.24, 2.45) is 4.99 Å². The molecule has 0 aliphatic carbocycles. The van der Waals surface area contributed by atoms with Crippen LogP contribution in [0, 0.1) is 11.3 Å². The van der Waals surface area contributed by atoms with E-state index in [-0.39, 0.29) is 11.6 Å². The van der Waals surface area contributed by atoms with Crippen LogP contribution < -0.4 is 0 Å². The number of fused-ring (bicyclic) bond motifs is 2. The molecule has 0 fully saturated rings. The summed E-state index contributed by atoms with van der Waals surface area (Å²) in [4.78, 5) is 16.0. The van der Waals surface area contributed by atoms with Gasteiger partial charge in [0.25, 0.3) is 0 Å². The van der Waals surface area contributed by atoms with Crippen molar-refractivity contribution < 1.29 is 9.90 Å². The molecule has 1 N–H and O–H groups in total. The average molecular weight is 462 g/mol. The van der Waals surface area contributed by atoms with Crippen molar-refractivity contribution in [1.29, 1.82) is 5.26 Å². The molecule has 0 saturated carbocycles. The van der Waals surface area contributed by atoms with E-state index in [1.54, 1.807) is 12.1 Å². The number of carboxylic acids is 1. The molecule has 3 aromatic carbocycles. The van der Waals surface area contributed by atoms with Crippen LogP contribution in [0.1, 0.15) is 66.0 Å². The Morgan fingerprint density at radius 1 is 1.14 bits per heavy atom. The number of aliphatic imine (C=N–C) groups is 1. The maximum absolute atomic E-state index is 11.5. The van der Waals surface area contributed by atoms with Crippen molar-refractivity contribution in [1.82, 2.24) is 4.57 Å². The molecular formula is C30H27N3O2. The number of aromatic nitrogens is 1. The monoisotopic (exact) mass is 461 g/mol. The molecule has 0 radical (unpaired) electrons. The first kappa shape index (κ1) is 22.6. The SMILES string of the molecule is CC(c1ccccc1)n1c(C(C)(C)CC#N)c(-c2ccc(C(=O)O)cc2)c2cc3c(cc21)C=NC3.